The van der Waals surface area contributed by atoms with Crippen molar-refractivity contribution in [3.8, 4) is 0 Å². The van der Waals surface area contributed by atoms with Crippen molar-refractivity contribution in [1.82, 2.24) is 10.6 Å². The molecule has 1 rings (SSSR count). The first-order valence-corrected chi connectivity index (χ1v) is 6.71. The lowest BCUT2D eigenvalue weighted by Crippen LogP contribution is -2.42. The molecule has 5 nitrogen and oxygen atoms in total. The first kappa shape index (κ1) is 15.2. The van der Waals surface area contributed by atoms with E-state index < -0.39 is 17.3 Å². The predicted octanol–water partition coefficient (Wildman–Crippen LogP) is 1.41. The third-order valence-corrected chi connectivity index (χ3v) is 2.96. The Balaban J connectivity index is 2.03. The molecule has 0 saturated heterocycles. The van der Waals surface area contributed by atoms with Gasteiger partial charge in [0.1, 0.15) is 5.60 Å². The van der Waals surface area contributed by atoms with Crippen LogP contribution in [0.2, 0.25) is 0 Å². The Morgan fingerprint density at radius 3 is 2.44 bits per heavy atom. The molecule has 3 N–H and O–H groups in total. The first-order chi connectivity index (χ1) is 8.31. The van der Waals surface area contributed by atoms with E-state index in [-0.39, 0.29) is 0 Å². The number of aliphatic hydroxyl groups is 1. The highest BCUT2D eigenvalue weighted by molar-refractivity contribution is 5.67. The number of nitrogens with one attached hydrogen (secondary N) is 2. The van der Waals surface area contributed by atoms with E-state index in [9.17, 15) is 9.90 Å². The van der Waals surface area contributed by atoms with Crippen molar-refractivity contribution >= 4 is 6.09 Å². The van der Waals surface area contributed by atoms with Gasteiger partial charge < -0.3 is 20.5 Å². The minimum Gasteiger partial charge on any atom is -0.444 e. The van der Waals surface area contributed by atoms with E-state index in [0.717, 1.165) is 25.7 Å². The highest BCUT2D eigenvalue weighted by Gasteiger charge is 2.30. The Hall–Kier alpha value is -0.810. The summed E-state index contributed by atoms with van der Waals surface area (Å²) in [6.45, 7) is 7.25. The summed E-state index contributed by atoms with van der Waals surface area (Å²) >= 11 is 0. The molecule has 0 spiro atoms. The second kappa shape index (κ2) is 6.38. The molecule has 5 heteroatoms. The Kier molecular flexibility index (Phi) is 5.41. The quantitative estimate of drug-likeness (QED) is 0.652. The van der Waals surface area contributed by atoms with E-state index in [2.05, 4.69) is 10.6 Å². The lowest BCUT2D eigenvalue weighted by atomic mass is 10.0. The molecule has 1 saturated carbocycles. The van der Waals surface area contributed by atoms with Crippen LogP contribution in [0.25, 0.3) is 0 Å². The zero-order valence-electron chi connectivity index (χ0n) is 11.7. The second-order valence-electron chi connectivity index (χ2n) is 6.04. The van der Waals surface area contributed by atoms with Gasteiger partial charge in [-0.1, -0.05) is 12.8 Å². The van der Waals surface area contributed by atoms with Crippen LogP contribution < -0.4 is 10.6 Å². The molecule has 1 amide bonds. The first-order valence-electron chi connectivity index (χ1n) is 6.71. The number of rotatable bonds is 5. The van der Waals surface area contributed by atoms with Gasteiger partial charge in [-0.15, -0.1) is 0 Å². The number of amides is 1. The monoisotopic (exact) mass is 258 g/mol. The molecular formula is C13H26N2O3. The minimum atomic E-state index is -0.536. The van der Waals surface area contributed by atoms with Crippen LogP contribution >= 0.6 is 0 Å². The zero-order chi connectivity index (χ0) is 13.6. The third kappa shape index (κ3) is 6.21. The van der Waals surface area contributed by atoms with Crippen LogP contribution in [0.5, 0.6) is 0 Å². The van der Waals surface area contributed by atoms with Crippen molar-refractivity contribution in [3.63, 3.8) is 0 Å². The van der Waals surface area contributed by atoms with Gasteiger partial charge in [-0.2, -0.15) is 0 Å². The van der Waals surface area contributed by atoms with E-state index >= 15 is 0 Å². The molecule has 106 valence electrons. The lowest BCUT2D eigenvalue weighted by Gasteiger charge is -2.23. The van der Waals surface area contributed by atoms with E-state index in [0.29, 0.717) is 19.6 Å². The Labute approximate surface area is 109 Å². The minimum absolute atomic E-state index is 0.399. The lowest BCUT2D eigenvalue weighted by molar-refractivity contribution is 0.0471. The molecule has 1 aliphatic carbocycles. The van der Waals surface area contributed by atoms with Gasteiger partial charge >= 0.3 is 6.09 Å². The Morgan fingerprint density at radius 2 is 1.89 bits per heavy atom. The highest BCUT2D eigenvalue weighted by Crippen LogP contribution is 2.28. The van der Waals surface area contributed by atoms with Crippen LogP contribution in [0, 0.1) is 0 Å². The van der Waals surface area contributed by atoms with Crippen LogP contribution in [0.1, 0.15) is 46.5 Å². The summed E-state index contributed by atoms with van der Waals surface area (Å²) in [5, 5.41) is 15.9. The van der Waals surface area contributed by atoms with Crippen molar-refractivity contribution in [2.24, 2.45) is 0 Å². The van der Waals surface area contributed by atoms with Gasteiger partial charge in [-0.05, 0) is 33.6 Å². The van der Waals surface area contributed by atoms with Gasteiger partial charge in [0.15, 0.2) is 0 Å². The van der Waals surface area contributed by atoms with Crippen LogP contribution in [0.3, 0.4) is 0 Å². The molecular weight excluding hydrogens is 232 g/mol. The SMILES string of the molecule is CC(C)(C)OC(=O)NCCNCC1(O)CCCC1. The van der Waals surface area contributed by atoms with Crippen LogP contribution in [0.15, 0.2) is 0 Å². The van der Waals surface area contributed by atoms with E-state index in [4.69, 9.17) is 4.74 Å². The number of hydrogen-bond donors (Lipinski definition) is 3. The number of ether oxygens (including phenoxy) is 1. The third-order valence-electron chi connectivity index (χ3n) is 2.96. The van der Waals surface area contributed by atoms with E-state index in [1.807, 2.05) is 20.8 Å². The summed E-state index contributed by atoms with van der Waals surface area (Å²) in [7, 11) is 0. The fourth-order valence-electron chi connectivity index (χ4n) is 2.10. The molecule has 0 radical (unpaired) electrons. The van der Waals surface area contributed by atoms with Gasteiger partial charge in [0.2, 0.25) is 0 Å². The molecule has 0 heterocycles. The van der Waals surface area contributed by atoms with Crippen LogP contribution in [0.4, 0.5) is 4.79 Å². The number of alkyl carbamates (subject to hydrolysis) is 1. The van der Waals surface area contributed by atoms with Gasteiger partial charge in [-0.25, -0.2) is 4.79 Å². The van der Waals surface area contributed by atoms with Gasteiger partial charge in [0.25, 0.3) is 0 Å². The number of carbonyl (C=O) groups is 1. The van der Waals surface area contributed by atoms with Crippen LogP contribution in [-0.2, 0) is 4.74 Å². The summed E-state index contributed by atoms with van der Waals surface area (Å²) in [6.07, 6.45) is 3.56. The van der Waals surface area contributed by atoms with Crippen molar-refractivity contribution in [1.29, 1.82) is 0 Å². The average molecular weight is 258 g/mol. The molecule has 1 aliphatic rings. The fourth-order valence-corrected chi connectivity index (χ4v) is 2.10. The van der Waals surface area contributed by atoms with Crippen molar-refractivity contribution < 1.29 is 14.6 Å². The number of hydrogen-bond acceptors (Lipinski definition) is 4. The van der Waals surface area contributed by atoms with Gasteiger partial charge in [0, 0.05) is 19.6 Å². The summed E-state index contributed by atoms with van der Waals surface area (Å²) in [5.41, 5.74) is -0.998. The normalized spacial score (nSPS) is 18.7. The van der Waals surface area contributed by atoms with Crippen molar-refractivity contribution in [2.45, 2.75) is 57.7 Å². The van der Waals surface area contributed by atoms with Crippen molar-refractivity contribution in [3.05, 3.63) is 0 Å². The summed E-state index contributed by atoms with van der Waals surface area (Å²) < 4.78 is 5.11. The Morgan fingerprint density at radius 1 is 1.28 bits per heavy atom. The maximum Gasteiger partial charge on any atom is 0.407 e. The van der Waals surface area contributed by atoms with E-state index in [1.54, 1.807) is 0 Å². The molecule has 0 aromatic heterocycles. The molecule has 0 aliphatic heterocycles. The smallest absolute Gasteiger partial charge is 0.407 e. The topological polar surface area (TPSA) is 70.6 Å². The molecule has 0 aromatic carbocycles. The summed E-state index contributed by atoms with van der Waals surface area (Å²) in [5.74, 6) is 0. The van der Waals surface area contributed by atoms with E-state index in [1.165, 1.54) is 0 Å². The molecule has 0 aromatic rings. The zero-order valence-corrected chi connectivity index (χ0v) is 11.7. The maximum atomic E-state index is 11.3. The molecule has 1 fully saturated rings. The summed E-state index contributed by atoms with van der Waals surface area (Å²) in [6, 6.07) is 0. The predicted molar refractivity (Wildman–Crippen MR) is 70.5 cm³/mol. The Bertz CT molecular complexity index is 268. The molecule has 18 heavy (non-hydrogen) atoms. The average Bonchev–Trinajstić information content (AvgIpc) is 2.62. The van der Waals surface area contributed by atoms with Crippen LogP contribution in [-0.4, -0.2) is 42.0 Å². The second-order valence-corrected chi connectivity index (χ2v) is 6.04. The highest BCUT2D eigenvalue weighted by atomic mass is 16.6. The van der Waals surface area contributed by atoms with Gasteiger partial charge in [0.05, 0.1) is 5.60 Å². The van der Waals surface area contributed by atoms with Gasteiger partial charge in [-0.3, -0.25) is 0 Å². The summed E-state index contributed by atoms with van der Waals surface area (Å²) in [4.78, 5) is 11.3. The largest absolute Gasteiger partial charge is 0.444 e. The molecule has 0 bridgehead atoms. The number of carbonyl (C=O) groups excluding carboxylic acids is 1. The van der Waals surface area contributed by atoms with Crippen molar-refractivity contribution in [2.75, 3.05) is 19.6 Å². The maximum absolute atomic E-state index is 11.3. The standard InChI is InChI=1S/C13H26N2O3/c1-12(2,3)18-11(16)15-9-8-14-10-13(17)6-4-5-7-13/h14,17H,4-10H2,1-3H3,(H,15,16). The molecule has 0 unspecified atom stereocenters. The molecule has 0 atom stereocenters. The fraction of sp³-hybridized carbons (Fsp3) is 0.923.